The second kappa shape index (κ2) is 16.7. The van der Waals surface area contributed by atoms with Crippen LogP contribution in [0.3, 0.4) is 0 Å². The molecule has 0 saturated heterocycles. The lowest BCUT2D eigenvalue weighted by atomic mass is 10.1. The highest BCUT2D eigenvalue weighted by atomic mass is 16.2. The van der Waals surface area contributed by atoms with Crippen LogP contribution in [0.15, 0.2) is 60.7 Å². The molecule has 2 aliphatic heterocycles. The third-order valence-corrected chi connectivity index (χ3v) is 9.23. The van der Waals surface area contributed by atoms with Gasteiger partial charge in [0.15, 0.2) is 0 Å². The fraction of sp³-hybridized carbons (Fsp3) is 0.316. The molecule has 2 unspecified atom stereocenters. The summed E-state index contributed by atoms with van der Waals surface area (Å²) in [5.74, 6) is -3.12. The molecule has 0 radical (unpaired) electrons. The molecule has 14 nitrogen and oxygen atoms in total. The maximum absolute atomic E-state index is 13.4. The molecule has 0 saturated carbocycles. The zero-order chi connectivity index (χ0) is 37.4. The van der Waals surface area contributed by atoms with Crippen LogP contribution in [0.2, 0.25) is 0 Å². The molecule has 2 aliphatic rings. The Morgan fingerprint density at radius 2 is 1.19 bits per heavy atom. The third-order valence-electron chi connectivity index (χ3n) is 9.23. The molecule has 0 aliphatic carbocycles. The van der Waals surface area contributed by atoms with E-state index in [-0.39, 0.29) is 53.8 Å². The molecule has 14 heteroatoms. The van der Waals surface area contributed by atoms with Crippen LogP contribution in [0.25, 0.3) is 0 Å². The number of fused-ring (bicyclic) bond motifs is 2. The Morgan fingerprint density at radius 1 is 0.673 bits per heavy atom. The highest BCUT2D eigenvalue weighted by Gasteiger charge is 2.44. The number of benzene rings is 3. The molecule has 3 aromatic rings. The van der Waals surface area contributed by atoms with E-state index in [0.717, 1.165) is 20.9 Å². The lowest BCUT2D eigenvalue weighted by molar-refractivity contribution is -0.125. The van der Waals surface area contributed by atoms with E-state index in [0.29, 0.717) is 49.9 Å². The number of rotatable bonds is 18. The zero-order valence-corrected chi connectivity index (χ0v) is 28.9. The van der Waals surface area contributed by atoms with Crippen LogP contribution in [-0.4, -0.2) is 97.1 Å². The topological polar surface area (TPSA) is 191 Å². The minimum atomic E-state index is -1.09. The van der Waals surface area contributed by atoms with Crippen molar-refractivity contribution in [3.8, 4) is 0 Å². The number of carbonyl (C=O) groups is 8. The number of aldehydes is 2. The Labute approximate surface area is 300 Å². The molecule has 4 N–H and O–H groups in total. The van der Waals surface area contributed by atoms with E-state index in [1.54, 1.807) is 36.4 Å². The molecule has 6 amide bonds. The van der Waals surface area contributed by atoms with Crippen LogP contribution in [0, 0.1) is 0 Å². The molecule has 2 atom stereocenters. The van der Waals surface area contributed by atoms with Crippen molar-refractivity contribution in [2.45, 2.75) is 50.6 Å². The quantitative estimate of drug-likeness (QED) is 0.113. The van der Waals surface area contributed by atoms with Gasteiger partial charge in [-0.1, -0.05) is 36.4 Å². The Kier molecular flexibility index (Phi) is 11.9. The first-order valence-electron chi connectivity index (χ1n) is 17.0. The molecule has 5 rings (SSSR count). The smallest absolute Gasteiger partial charge is 0.264 e. The van der Waals surface area contributed by atoms with Gasteiger partial charge in [0.2, 0.25) is 11.8 Å². The van der Waals surface area contributed by atoms with Crippen molar-refractivity contribution in [1.82, 2.24) is 20.4 Å². The summed E-state index contributed by atoms with van der Waals surface area (Å²) < 4.78 is 0. The molecule has 2 heterocycles. The Hall–Kier alpha value is -6.18. The van der Waals surface area contributed by atoms with Gasteiger partial charge < -0.3 is 30.9 Å². The Bertz CT molecular complexity index is 1910. The molecular weight excluding hydrogens is 668 g/mol. The van der Waals surface area contributed by atoms with Crippen LogP contribution in [-0.2, 0) is 32.0 Å². The summed E-state index contributed by atoms with van der Waals surface area (Å²) in [7, 11) is 2.88. The van der Waals surface area contributed by atoms with Gasteiger partial charge in [0.25, 0.3) is 23.6 Å². The number of carbonyl (C=O) groups excluding carboxylic acids is 8. The number of hydrogen-bond acceptors (Lipinski definition) is 10. The maximum Gasteiger partial charge on any atom is 0.264 e. The summed E-state index contributed by atoms with van der Waals surface area (Å²) in [5.41, 5.74) is 3.82. The molecule has 3 aromatic carbocycles. The molecule has 0 fully saturated rings. The van der Waals surface area contributed by atoms with Gasteiger partial charge >= 0.3 is 0 Å². The maximum atomic E-state index is 13.4. The van der Waals surface area contributed by atoms with Crippen molar-refractivity contribution in [2.24, 2.45) is 0 Å². The summed E-state index contributed by atoms with van der Waals surface area (Å²) >= 11 is 0. The van der Waals surface area contributed by atoms with Crippen molar-refractivity contribution >= 4 is 59.4 Å². The van der Waals surface area contributed by atoms with Crippen molar-refractivity contribution < 1.29 is 38.4 Å². The molecule has 0 spiro atoms. The van der Waals surface area contributed by atoms with E-state index in [1.165, 1.54) is 14.1 Å². The standard InChI is InChI=1S/C38H40N6O8/c1-39-31(47)16-15-25(22-46)43-35(49)26-6-3-8-28(32(26)37(43)51)41-19-17-23-11-13-24(14-12-23)18-20-42-29-9-4-7-27-33(29)38(52)44(36(27)50)30(10-5-21-45)34(48)40-2/h3-4,6-9,11-14,21-22,25,30,41-42H,5,10,15-20H2,1-2H3,(H,39,47)(H,40,48). The average Bonchev–Trinajstić information content (AvgIpc) is 3.57. The zero-order valence-electron chi connectivity index (χ0n) is 28.9. The van der Waals surface area contributed by atoms with Crippen LogP contribution in [0.1, 0.15) is 78.2 Å². The van der Waals surface area contributed by atoms with Gasteiger partial charge in [-0.3, -0.25) is 38.6 Å². The SMILES string of the molecule is CNC(=O)CCC(C=O)N1C(=O)c2cccc(NCCc3ccc(CCNc4cccc5c4C(=O)N(C(CCC=O)C(=O)NC)C5=O)cc3)c2C1=O. The number of nitrogens with one attached hydrogen (secondary N) is 4. The second-order valence-corrected chi connectivity index (χ2v) is 12.4. The predicted octanol–water partition coefficient (Wildman–Crippen LogP) is 2.38. The van der Waals surface area contributed by atoms with Gasteiger partial charge in [-0.25, -0.2) is 0 Å². The van der Waals surface area contributed by atoms with Crippen LogP contribution in [0.4, 0.5) is 11.4 Å². The van der Waals surface area contributed by atoms with Crippen molar-refractivity contribution in [3.63, 3.8) is 0 Å². The van der Waals surface area contributed by atoms with E-state index in [1.807, 2.05) is 24.3 Å². The fourth-order valence-electron chi connectivity index (χ4n) is 6.47. The minimum absolute atomic E-state index is 0.00259. The largest absolute Gasteiger partial charge is 0.384 e. The average molecular weight is 709 g/mol. The van der Waals surface area contributed by atoms with Crippen molar-refractivity contribution in [3.05, 3.63) is 94.0 Å². The molecule has 0 bridgehead atoms. The number of amides is 6. The normalized spacial score (nSPS) is 14.4. The molecule has 52 heavy (non-hydrogen) atoms. The number of nitrogens with zero attached hydrogens (tertiary/aromatic N) is 2. The molecule has 270 valence electrons. The van der Waals surface area contributed by atoms with Gasteiger partial charge in [0.05, 0.1) is 28.3 Å². The summed E-state index contributed by atoms with van der Waals surface area (Å²) in [5, 5.41) is 11.4. The van der Waals surface area contributed by atoms with E-state index in [9.17, 15) is 38.4 Å². The lowest BCUT2D eigenvalue weighted by Crippen LogP contribution is -2.48. The lowest BCUT2D eigenvalue weighted by Gasteiger charge is -2.24. The fourth-order valence-corrected chi connectivity index (χ4v) is 6.47. The van der Waals surface area contributed by atoms with Crippen LogP contribution < -0.4 is 21.3 Å². The first kappa shape index (κ1) is 37.1. The third kappa shape index (κ3) is 7.60. The van der Waals surface area contributed by atoms with Crippen molar-refractivity contribution in [2.75, 3.05) is 37.8 Å². The number of hydrogen-bond donors (Lipinski definition) is 4. The number of anilines is 2. The van der Waals surface area contributed by atoms with E-state index < -0.39 is 41.6 Å². The first-order chi connectivity index (χ1) is 25.1. The van der Waals surface area contributed by atoms with Crippen LogP contribution in [0.5, 0.6) is 0 Å². The van der Waals surface area contributed by atoms with E-state index in [2.05, 4.69) is 21.3 Å². The van der Waals surface area contributed by atoms with Gasteiger partial charge in [0, 0.05) is 51.4 Å². The highest BCUT2D eigenvalue weighted by molar-refractivity contribution is 6.25. The number of likely N-dealkylation sites (N-methyl/N-ethyl adjacent to an activating group) is 1. The van der Waals surface area contributed by atoms with Crippen molar-refractivity contribution in [1.29, 1.82) is 0 Å². The second-order valence-electron chi connectivity index (χ2n) is 12.4. The van der Waals surface area contributed by atoms with Gasteiger partial charge in [-0.2, -0.15) is 0 Å². The van der Waals surface area contributed by atoms with Gasteiger partial charge in [-0.05, 0) is 61.1 Å². The van der Waals surface area contributed by atoms with Crippen LogP contribution >= 0.6 is 0 Å². The van der Waals surface area contributed by atoms with Gasteiger partial charge in [-0.15, -0.1) is 0 Å². The molecule has 0 aromatic heterocycles. The summed E-state index contributed by atoms with van der Waals surface area (Å²) in [6, 6.07) is 15.7. The van der Waals surface area contributed by atoms with E-state index >= 15 is 0 Å². The number of imide groups is 2. The monoisotopic (exact) mass is 708 g/mol. The summed E-state index contributed by atoms with van der Waals surface area (Å²) in [4.78, 5) is 102. The van der Waals surface area contributed by atoms with E-state index in [4.69, 9.17) is 0 Å². The minimum Gasteiger partial charge on any atom is -0.384 e. The molecular formula is C38H40N6O8. The highest BCUT2D eigenvalue weighted by Crippen LogP contribution is 2.33. The van der Waals surface area contributed by atoms with Gasteiger partial charge in [0.1, 0.15) is 18.6 Å². The predicted molar refractivity (Wildman–Crippen MR) is 191 cm³/mol. The summed E-state index contributed by atoms with van der Waals surface area (Å²) in [6.07, 6.45) is 2.48. The first-order valence-corrected chi connectivity index (χ1v) is 17.0. The Balaban J connectivity index is 1.16. The Morgan fingerprint density at radius 3 is 1.67 bits per heavy atom. The summed E-state index contributed by atoms with van der Waals surface area (Å²) in [6.45, 7) is 0.924.